The Labute approximate surface area is 149 Å². The summed E-state index contributed by atoms with van der Waals surface area (Å²) in [4.78, 5) is 3.77. The van der Waals surface area contributed by atoms with Crippen LogP contribution in [-0.2, 0) is 10.9 Å². The number of hydrogen-bond donors (Lipinski definition) is 1. The number of nitrogens with zero attached hydrogens (tertiary/aromatic N) is 3. The summed E-state index contributed by atoms with van der Waals surface area (Å²) < 4.78 is 43.8. The number of rotatable bonds is 5. The lowest BCUT2D eigenvalue weighted by Crippen LogP contribution is -2.18. The standard InChI is InChI=1S/C13H12ClF3N4OS2/c14-9-4-7(13(15,16)17)5-18-10(9)23-12-21-20-11(24-12)19-6-8-2-1-3-22-8/h4-5,8H,1-3,6H2,(H,19,20)/t8-/m0/s1. The molecule has 1 aliphatic rings. The highest BCUT2D eigenvalue weighted by molar-refractivity contribution is 8.01. The highest BCUT2D eigenvalue weighted by Gasteiger charge is 2.31. The number of halogens is 4. The second-order valence-electron chi connectivity index (χ2n) is 5.00. The van der Waals surface area contributed by atoms with Gasteiger partial charge in [0.15, 0.2) is 4.34 Å². The molecule has 3 heterocycles. The fourth-order valence-corrected chi connectivity index (χ4v) is 3.98. The van der Waals surface area contributed by atoms with Crippen molar-refractivity contribution >= 4 is 39.8 Å². The number of alkyl halides is 3. The molecular weight excluding hydrogens is 385 g/mol. The van der Waals surface area contributed by atoms with Gasteiger partial charge in [0.05, 0.1) is 16.7 Å². The number of pyridine rings is 1. The van der Waals surface area contributed by atoms with E-state index >= 15 is 0 Å². The van der Waals surface area contributed by atoms with Gasteiger partial charge in [0.2, 0.25) is 5.13 Å². The average Bonchev–Trinajstić information content (AvgIpc) is 3.17. The third-order valence-corrected chi connectivity index (χ3v) is 5.58. The third kappa shape index (κ3) is 4.50. The molecule has 2 aromatic heterocycles. The molecule has 0 aromatic carbocycles. The lowest BCUT2D eigenvalue weighted by Gasteiger charge is -2.08. The summed E-state index contributed by atoms with van der Waals surface area (Å²) in [7, 11) is 0. The SMILES string of the molecule is FC(F)(F)c1cnc(Sc2nnc(NC[C@@H]3CCCO3)s2)c(Cl)c1. The van der Waals surface area contributed by atoms with Gasteiger partial charge in [-0.15, -0.1) is 10.2 Å². The molecule has 11 heteroatoms. The van der Waals surface area contributed by atoms with Crippen molar-refractivity contribution in [3.63, 3.8) is 0 Å². The molecule has 0 aliphatic carbocycles. The van der Waals surface area contributed by atoms with Crippen molar-refractivity contribution in [1.82, 2.24) is 15.2 Å². The number of hydrogen-bond acceptors (Lipinski definition) is 7. The van der Waals surface area contributed by atoms with E-state index in [2.05, 4.69) is 20.5 Å². The minimum absolute atomic E-state index is 0.0705. The first kappa shape index (κ1) is 17.7. The van der Waals surface area contributed by atoms with Crippen LogP contribution >= 0.6 is 34.7 Å². The van der Waals surface area contributed by atoms with E-state index in [0.717, 1.165) is 43.5 Å². The van der Waals surface area contributed by atoms with E-state index in [4.69, 9.17) is 16.3 Å². The molecule has 24 heavy (non-hydrogen) atoms. The van der Waals surface area contributed by atoms with Crippen LogP contribution in [0.1, 0.15) is 18.4 Å². The van der Waals surface area contributed by atoms with Gasteiger partial charge in [-0.25, -0.2) is 4.98 Å². The summed E-state index contributed by atoms with van der Waals surface area (Å²) in [5, 5.41) is 11.9. The van der Waals surface area contributed by atoms with Gasteiger partial charge >= 0.3 is 6.18 Å². The van der Waals surface area contributed by atoms with Gasteiger partial charge in [0.1, 0.15) is 5.03 Å². The highest BCUT2D eigenvalue weighted by atomic mass is 35.5. The van der Waals surface area contributed by atoms with Gasteiger partial charge in [0, 0.05) is 19.3 Å². The molecule has 5 nitrogen and oxygen atoms in total. The first-order valence-corrected chi connectivity index (χ1v) is 9.02. The predicted molar refractivity (Wildman–Crippen MR) is 85.7 cm³/mol. The van der Waals surface area contributed by atoms with Crippen LogP contribution in [0.15, 0.2) is 21.6 Å². The summed E-state index contributed by atoms with van der Waals surface area (Å²) in [5.74, 6) is 0. The molecule has 0 bridgehead atoms. The zero-order valence-corrected chi connectivity index (χ0v) is 14.5. The smallest absolute Gasteiger partial charge is 0.376 e. The molecule has 3 rings (SSSR count). The van der Waals surface area contributed by atoms with Crippen LogP contribution in [-0.4, -0.2) is 34.4 Å². The quantitative estimate of drug-likeness (QED) is 0.810. The second-order valence-corrected chi connectivity index (χ2v) is 7.62. The van der Waals surface area contributed by atoms with E-state index in [1.54, 1.807) is 0 Å². The molecule has 2 aromatic rings. The maximum Gasteiger partial charge on any atom is 0.417 e. The first-order chi connectivity index (χ1) is 11.4. The molecule has 130 valence electrons. The largest absolute Gasteiger partial charge is 0.417 e. The number of nitrogens with one attached hydrogen (secondary N) is 1. The van der Waals surface area contributed by atoms with Crippen LogP contribution in [0, 0.1) is 0 Å². The zero-order valence-electron chi connectivity index (χ0n) is 12.1. The van der Waals surface area contributed by atoms with Crippen molar-refractivity contribution in [3.8, 4) is 0 Å². The topological polar surface area (TPSA) is 59.9 Å². The van der Waals surface area contributed by atoms with Crippen molar-refractivity contribution in [1.29, 1.82) is 0 Å². The monoisotopic (exact) mass is 396 g/mol. The van der Waals surface area contributed by atoms with Gasteiger partial charge < -0.3 is 10.1 Å². The van der Waals surface area contributed by atoms with Gasteiger partial charge in [-0.1, -0.05) is 22.9 Å². The van der Waals surface area contributed by atoms with E-state index in [1.165, 1.54) is 11.3 Å². The molecule has 0 saturated carbocycles. The van der Waals surface area contributed by atoms with Crippen molar-refractivity contribution < 1.29 is 17.9 Å². The Bertz CT molecular complexity index is 707. The molecule has 0 spiro atoms. The lowest BCUT2D eigenvalue weighted by molar-refractivity contribution is -0.137. The van der Waals surface area contributed by atoms with E-state index in [0.29, 0.717) is 16.0 Å². The molecule has 0 radical (unpaired) electrons. The van der Waals surface area contributed by atoms with Gasteiger partial charge in [-0.05, 0) is 30.7 Å². The molecule has 0 amide bonds. The summed E-state index contributed by atoms with van der Waals surface area (Å²) in [6.45, 7) is 1.43. The van der Waals surface area contributed by atoms with Crippen LogP contribution in [0.2, 0.25) is 5.02 Å². The van der Waals surface area contributed by atoms with E-state index in [-0.39, 0.29) is 16.2 Å². The predicted octanol–water partition coefficient (Wildman–Crippen LogP) is 4.35. The van der Waals surface area contributed by atoms with Crippen molar-refractivity contribution in [2.45, 2.75) is 34.5 Å². The minimum Gasteiger partial charge on any atom is -0.376 e. The summed E-state index contributed by atoms with van der Waals surface area (Å²) in [6.07, 6.45) is -1.47. The molecule has 1 N–H and O–H groups in total. The normalized spacial score (nSPS) is 18.1. The maximum absolute atomic E-state index is 12.6. The van der Waals surface area contributed by atoms with Crippen LogP contribution in [0.25, 0.3) is 0 Å². The summed E-state index contributed by atoms with van der Waals surface area (Å²) in [5.41, 5.74) is -0.881. The molecule has 1 fully saturated rings. The van der Waals surface area contributed by atoms with Gasteiger partial charge in [0.25, 0.3) is 0 Å². The molecule has 1 atom stereocenters. The van der Waals surface area contributed by atoms with E-state index in [1.807, 2.05) is 0 Å². The Morgan fingerprint density at radius 3 is 2.92 bits per heavy atom. The van der Waals surface area contributed by atoms with Crippen LogP contribution in [0.4, 0.5) is 18.3 Å². The zero-order chi connectivity index (χ0) is 17.2. The average molecular weight is 397 g/mol. The van der Waals surface area contributed by atoms with Crippen LogP contribution in [0.3, 0.4) is 0 Å². The van der Waals surface area contributed by atoms with Gasteiger partial charge in [-0.3, -0.25) is 0 Å². The van der Waals surface area contributed by atoms with Crippen LogP contribution < -0.4 is 5.32 Å². The van der Waals surface area contributed by atoms with Crippen LogP contribution in [0.5, 0.6) is 0 Å². The van der Waals surface area contributed by atoms with E-state index in [9.17, 15) is 13.2 Å². The Kier molecular flexibility index (Phi) is 5.48. The Balaban J connectivity index is 1.62. The highest BCUT2D eigenvalue weighted by Crippen LogP contribution is 2.37. The second kappa shape index (κ2) is 7.42. The molecular formula is C13H12ClF3N4OS2. The molecule has 0 unspecified atom stereocenters. The maximum atomic E-state index is 12.6. The third-order valence-electron chi connectivity index (χ3n) is 3.23. The number of aromatic nitrogens is 3. The fraction of sp³-hybridized carbons (Fsp3) is 0.462. The summed E-state index contributed by atoms with van der Waals surface area (Å²) in [6, 6.07) is 0.856. The van der Waals surface area contributed by atoms with Crippen molar-refractivity contribution in [3.05, 3.63) is 22.8 Å². The van der Waals surface area contributed by atoms with Gasteiger partial charge in [-0.2, -0.15) is 13.2 Å². The Morgan fingerprint density at radius 2 is 2.25 bits per heavy atom. The Hall–Kier alpha value is -1.10. The molecule has 1 saturated heterocycles. The number of anilines is 1. The molecule has 1 aliphatic heterocycles. The first-order valence-electron chi connectivity index (χ1n) is 7.01. The van der Waals surface area contributed by atoms with E-state index < -0.39 is 11.7 Å². The number of ether oxygens (including phenoxy) is 1. The van der Waals surface area contributed by atoms with Crippen molar-refractivity contribution in [2.75, 3.05) is 18.5 Å². The fourth-order valence-electron chi connectivity index (χ4n) is 2.07. The lowest BCUT2D eigenvalue weighted by atomic mass is 10.2. The minimum atomic E-state index is -4.47. The summed E-state index contributed by atoms with van der Waals surface area (Å²) >= 11 is 8.24. The van der Waals surface area contributed by atoms with Crippen molar-refractivity contribution in [2.24, 2.45) is 0 Å². The Morgan fingerprint density at radius 1 is 1.42 bits per heavy atom.